The summed E-state index contributed by atoms with van der Waals surface area (Å²) in [4.78, 5) is 30.2. The van der Waals surface area contributed by atoms with Crippen LogP contribution in [0.5, 0.6) is 0 Å². The molecule has 1 aromatic carbocycles. The second-order valence-corrected chi connectivity index (χ2v) is 8.50. The molecule has 3 rings (SSSR count). The summed E-state index contributed by atoms with van der Waals surface area (Å²) < 4.78 is 1.07. The minimum absolute atomic E-state index is 0.0447. The van der Waals surface area contributed by atoms with Gasteiger partial charge in [-0.3, -0.25) is 9.59 Å². The van der Waals surface area contributed by atoms with Gasteiger partial charge in [-0.05, 0) is 42.3 Å². The number of carbonyl (C=O) groups excluding carboxylic acids is 2. The first-order valence-electron chi connectivity index (χ1n) is 8.38. The van der Waals surface area contributed by atoms with E-state index in [1.807, 2.05) is 45.2 Å². The van der Waals surface area contributed by atoms with E-state index < -0.39 is 6.04 Å². The Kier molecular flexibility index (Phi) is 5.38. The van der Waals surface area contributed by atoms with E-state index >= 15 is 0 Å². The molecule has 0 aliphatic rings. The van der Waals surface area contributed by atoms with Crippen molar-refractivity contribution in [1.29, 1.82) is 0 Å². The van der Waals surface area contributed by atoms with E-state index in [0.717, 1.165) is 21.3 Å². The number of aryl methyl sites for hydroxylation is 2. The molecule has 5 nitrogen and oxygen atoms in total. The molecule has 2 heterocycles. The maximum atomic E-state index is 12.8. The fraction of sp³-hybridized carbons (Fsp3) is 0.316. The van der Waals surface area contributed by atoms with E-state index in [4.69, 9.17) is 0 Å². The molecule has 0 spiro atoms. The number of anilines is 1. The summed E-state index contributed by atoms with van der Waals surface area (Å²) in [6.07, 6.45) is 0. The van der Waals surface area contributed by atoms with E-state index in [2.05, 4.69) is 21.7 Å². The number of nitrogens with zero attached hydrogens (tertiary/aromatic N) is 1. The Morgan fingerprint density at radius 2 is 1.85 bits per heavy atom. The molecule has 3 aromatic rings. The number of fused-ring (bicyclic) bond motifs is 1. The van der Waals surface area contributed by atoms with Crippen molar-refractivity contribution >= 4 is 49.8 Å². The molecule has 2 aromatic heterocycles. The lowest BCUT2D eigenvalue weighted by Crippen LogP contribution is -2.46. The van der Waals surface area contributed by atoms with Crippen LogP contribution in [0.1, 0.15) is 34.6 Å². The average Bonchev–Trinajstić information content (AvgIpc) is 3.25. The Hall–Kier alpha value is -2.25. The second kappa shape index (κ2) is 7.55. The zero-order chi connectivity index (χ0) is 18.8. The molecule has 7 heteroatoms. The largest absolute Gasteiger partial charge is 0.339 e. The summed E-state index contributed by atoms with van der Waals surface area (Å²) in [7, 11) is 0. The van der Waals surface area contributed by atoms with Gasteiger partial charge in [-0.25, -0.2) is 4.98 Å². The van der Waals surface area contributed by atoms with Crippen molar-refractivity contribution in [3.05, 3.63) is 45.6 Å². The first-order valence-corrected chi connectivity index (χ1v) is 10.1. The highest BCUT2D eigenvalue weighted by Crippen LogP contribution is 2.31. The van der Waals surface area contributed by atoms with Gasteiger partial charge in [0.1, 0.15) is 6.04 Å². The van der Waals surface area contributed by atoms with E-state index in [9.17, 15) is 9.59 Å². The summed E-state index contributed by atoms with van der Waals surface area (Å²) in [5.41, 5.74) is 3.12. The van der Waals surface area contributed by atoms with Crippen LogP contribution in [0.2, 0.25) is 0 Å². The Labute approximate surface area is 160 Å². The molecule has 0 aliphatic heterocycles. The van der Waals surface area contributed by atoms with Crippen molar-refractivity contribution in [3.63, 3.8) is 0 Å². The van der Waals surface area contributed by atoms with Gasteiger partial charge in [0, 0.05) is 0 Å². The molecular weight excluding hydrogens is 366 g/mol. The van der Waals surface area contributed by atoms with Crippen molar-refractivity contribution in [2.45, 2.75) is 33.7 Å². The number of thiazole rings is 1. The Balaban J connectivity index is 1.79. The molecule has 0 fully saturated rings. The maximum Gasteiger partial charge on any atom is 0.262 e. The molecule has 0 saturated carbocycles. The van der Waals surface area contributed by atoms with Gasteiger partial charge in [0.25, 0.3) is 5.91 Å². The fourth-order valence-electron chi connectivity index (χ4n) is 2.65. The van der Waals surface area contributed by atoms with Crippen LogP contribution in [-0.2, 0) is 4.79 Å². The molecule has 0 aliphatic carbocycles. The van der Waals surface area contributed by atoms with Crippen molar-refractivity contribution in [3.8, 4) is 0 Å². The van der Waals surface area contributed by atoms with Crippen molar-refractivity contribution in [1.82, 2.24) is 10.3 Å². The number of amides is 2. The monoisotopic (exact) mass is 387 g/mol. The van der Waals surface area contributed by atoms with E-state index in [-0.39, 0.29) is 17.7 Å². The SMILES string of the molecule is Cc1ccc(C)c2sc(NC(=O)C(NC(=O)c3cccs3)C(C)C)nc12. The molecule has 1 unspecified atom stereocenters. The summed E-state index contributed by atoms with van der Waals surface area (Å²) in [5, 5.41) is 8.10. The van der Waals surface area contributed by atoms with Crippen LogP contribution in [0.4, 0.5) is 5.13 Å². The number of nitrogens with one attached hydrogen (secondary N) is 2. The number of carbonyl (C=O) groups is 2. The number of aromatic nitrogens is 1. The molecule has 26 heavy (non-hydrogen) atoms. The highest BCUT2D eigenvalue weighted by molar-refractivity contribution is 7.22. The Morgan fingerprint density at radius 1 is 1.12 bits per heavy atom. The van der Waals surface area contributed by atoms with Crippen molar-refractivity contribution < 1.29 is 9.59 Å². The number of hydrogen-bond donors (Lipinski definition) is 2. The molecule has 2 amide bonds. The van der Waals surface area contributed by atoms with Crippen molar-refractivity contribution in [2.24, 2.45) is 5.92 Å². The van der Waals surface area contributed by atoms with E-state index in [1.54, 1.807) is 6.07 Å². The van der Waals surface area contributed by atoms with Gasteiger partial charge in [0.05, 0.1) is 15.1 Å². The van der Waals surface area contributed by atoms with Crippen LogP contribution < -0.4 is 10.6 Å². The van der Waals surface area contributed by atoms with Crippen LogP contribution in [0.15, 0.2) is 29.6 Å². The number of rotatable bonds is 5. The van der Waals surface area contributed by atoms with E-state index in [1.165, 1.54) is 22.7 Å². The molecule has 1 atom stereocenters. The first-order chi connectivity index (χ1) is 12.4. The van der Waals surface area contributed by atoms with Crippen LogP contribution in [0, 0.1) is 19.8 Å². The summed E-state index contributed by atoms with van der Waals surface area (Å²) in [5.74, 6) is -0.527. The zero-order valence-electron chi connectivity index (χ0n) is 15.1. The van der Waals surface area contributed by atoms with Gasteiger partial charge < -0.3 is 10.6 Å². The third-order valence-electron chi connectivity index (χ3n) is 4.15. The summed E-state index contributed by atoms with van der Waals surface area (Å²) >= 11 is 2.81. The maximum absolute atomic E-state index is 12.8. The quantitative estimate of drug-likeness (QED) is 0.683. The molecule has 136 valence electrons. The molecule has 2 N–H and O–H groups in total. The minimum atomic E-state index is -0.626. The number of benzene rings is 1. The third-order valence-corrected chi connectivity index (χ3v) is 6.13. The van der Waals surface area contributed by atoms with Gasteiger partial charge in [0.15, 0.2) is 5.13 Å². The highest BCUT2D eigenvalue weighted by Gasteiger charge is 2.26. The highest BCUT2D eigenvalue weighted by atomic mass is 32.1. The van der Waals surface area contributed by atoms with Gasteiger partial charge in [0.2, 0.25) is 5.91 Å². The topological polar surface area (TPSA) is 71.1 Å². The fourth-order valence-corrected chi connectivity index (χ4v) is 4.29. The zero-order valence-corrected chi connectivity index (χ0v) is 16.8. The Morgan fingerprint density at radius 3 is 2.46 bits per heavy atom. The molecule has 0 radical (unpaired) electrons. The lowest BCUT2D eigenvalue weighted by Gasteiger charge is -2.20. The lowest BCUT2D eigenvalue weighted by atomic mass is 10.0. The molecule has 0 saturated heterocycles. The van der Waals surface area contributed by atoms with Crippen LogP contribution in [0.3, 0.4) is 0 Å². The molecule has 0 bridgehead atoms. The normalized spacial score (nSPS) is 12.3. The Bertz CT molecular complexity index is 906. The average molecular weight is 388 g/mol. The number of hydrogen-bond acceptors (Lipinski definition) is 5. The first kappa shape index (κ1) is 18.5. The second-order valence-electron chi connectivity index (χ2n) is 6.56. The lowest BCUT2D eigenvalue weighted by molar-refractivity contribution is -0.118. The van der Waals surface area contributed by atoms with E-state index in [0.29, 0.717) is 10.0 Å². The standard InChI is InChI=1S/C19H21N3O2S2/c1-10(2)14(20-17(23)13-6-5-9-25-13)18(24)22-19-21-15-11(3)7-8-12(4)16(15)26-19/h5-10,14H,1-4H3,(H,20,23)(H,21,22,24). The van der Waals surface area contributed by atoms with Crippen LogP contribution in [0.25, 0.3) is 10.2 Å². The third kappa shape index (κ3) is 3.78. The van der Waals surface area contributed by atoms with Crippen LogP contribution in [-0.4, -0.2) is 22.8 Å². The van der Waals surface area contributed by atoms with Crippen LogP contribution >= 0.6 is 22.7 Å². The summed E-state index contributed by atoms with van der Waals surface area (Å²) in [6, 6.07) is 7.02. The molecular formula is C19H21N3O2S2. The van der Waals surface area contributed by atoms with Crippen molar-refractivity contribution in [2.75, 3.05) is 5.32 Å². The predicted molar refractivity (Wildman–Crippen MR) is 108 cm³/mol. The minimum Gasteiger partial charge on any atom is -0.339 e. The predicted octanol–water partition coefficient (Wildman–Crippen LogP) is 4.37. The smallest absolute Gasteiger partial charge is 0.262 e. The van der Waals surface area contributed by atoms with Gasteiger partial charge in [-0.2, -0.15) is 0 Å². The number of thiophene rings is 1. The van der Waals surface area contributed by atoms with Gasteiger partial charge in [-0.1, -0.05) is 43.4 Å². The summed E-state index contributed by atoms with van der Waals surface area (Å²) in [6.45, 7) is 7.85. The van der Waals surface area contributed by atoms with Gasteiger partial charge in [-0.15, -0.1) is 11.3 Å². The van der Waals surface area contributed by atoms with Gasteiger partial charge >= 0.3 is 0 Å².